The van der Waals surface area contributed by atoms with Crippen molar-refractivity contribution in [2.24, 2.45) is 0 Å². The molecule has 0 spiro atoms. The molecule has 0 aromatic carbocycles. The van der Waals surface area contributed by atoms with Crippen molar-refractivity contribution in [3.05, 3.63) is 6.92 Å². The molecule has 0 aliphatic carbocycles. The number of rotatable bonds is 0. The van der Waals surface area contributed by atoms with E-state index >= 15 is 0 Å². The molecule has 0 unspecified atom stereocenters. The van der Waals surface area contributed by atoms with E-state index in [1.807, 2.05) is 0 Å². The van der Waals surface area contributed by atoms with Crippen LogP contribution in [0, 0.1) is 131 Å². The SMILES string of the molecule is [CH2-]C.[U].[U].[U].[U]. The molecule has 0 aromatic heterocycles. The zero-order valence-electron chi connectivity index (χ0n) is 3.71. The summed E-state index contributed by atoms with van der Waals surface area (Å²) in [6.07, 6.45) is 0. The fourth-order valence-corrected chi connectivity index (χ4v) is 0. The average Bonchev–Trinajstić information content (AvgIpc) is 1.00. The van der Waals surface area contributed by atoms with Gasteiger partial charge in [0.05, 0.1) is 0 Å². The van der Waals surface area contributed by atoms with E-state index in [-0.39, 0.29) is 124 Å². The van der Waals surface area contributed by atoms with Gasteiger partial charge in [-0.2, -0.15) is 6.92 Å². The molecule has 4 heteroatoms. The zero-order valence-corrected chi connectivity index (χ0v) is 20.4. The minimum atomic E-state index is 0. The van der Waals surface area contributed by atoms with E-state index in [0.29, 0.717) is 0 Å². The first-order valence-electron chi connectivity index (χ1n) is 0.707. The summed E-state index contributed by atoms with van der Waals surface area (Å²) in [6, 6.07) is 0. The first kappa shape index (κ1) is 31.9. The van der Waals surface area contributed by atoms with Crippen LogP contribution < -0.4 is 0 Å². The third kappa shape index (κ3) is 24.1. The second kappa shape index (κ2) is 35.0. The van der Waals surface area contributed by atoms with Crippen molar-refractivity contribution < 1.29 is 124 Å². The van der Waals surface area contributed by atoms with Crippen LogP contribution >= 0.6 is 0 Å². The van der Waals surface area contributed by atoms with E-state index < -0.39 is 0 Å². The van der Waals surface area contributed by atoms with Gasteiger partial charge in [0.1, 0.15) is 0 Å². The molecule has 0 rings (SSSR count). The maximum Gasteiger partial charge on any atom is 0 e. The number of hydrogen-bond donors (Lipinski definition) is 0. The zero-order chi connectivity index (χ0) is 2.00. The fourth-order valence-electron chi connectivity index (χ4n) is 0. The molecular weight excluding hydrogens is 976 g/mol. The maximum absolute atomic E-state index is 3.25. The quantitative estimate of drug-likeness (QED) is 0.317. The van der Waals surface area contributed by atoms with Crippen molar-refractivity contribution in [2.45, 2.75) is 6.92 Å². The van der Waals surface area contributed by atoms with Gasteiger partial charge in [0, 0.05) is 124 Å². The van der Waals surface area contributed by atoms with Crippen molar-refractivity contribution in [1.82, 2.24) is 0 Å². The maximum atomic E-state index is 3.25. The van der Waals surface area contributed by atoms with Crippen LogP contribution in [0.15, 0.2) is 0 Å². The first-order chi connectivity index (χ1) is 1.00. The molecule has 0 bridgehead atoms. The van der Waals surface area contributed by atoms with Crippen molar-refractivity contribution in [3.8, 4) is 0 Å². The van der Waals surface area contributed by atoms with Gasteiger partial charge < -0.3 is 6.92 Å². The van der Waals surface area contributed by atoms with Crippen LogP contribution in [0.4, 0.5) is 0 Å². The Labute approximate surface area is 135 Å². The Bertz CT molecular complexity index is 5.51. The molecular formula is C2H5U4-. The van der Waals surface area contributed by atoms with Crippen molar-refractivity contribution in [2.75, 3.05) is 0 Å². The van der Waals surface area contributed by atoms with Gasteiger partial charge in [0.2, 0.25) is 0 Å². The predicted octanol–water partition coefficient (Wildman–Crippen LogP) is 0.840. The fraction of sp³-hybridized carbons (Fsp3) is 0.500. The minimum absolute atomic E-state index is 0. The van der Waals surface area contributed by atoms with Gasteiger partial charge in [-0.15, -0.1) is 0 Å². The smallest absolute Gasteiger partial charge is 0 e. The summed E-state index contributed by atoms with van der Waals surface area (Å²) in [5.41, 5.74) is 0. The summed E-state index contributed by atoms with van der Waals surface area (Å²) < 4.78 is 0. The standard InChI is InChI=1S/C2H5.4U/c1-2;;;;/h1H2,2H3;;;;/q-1;;;;. The van der Waals surface area contributed by atoms with Crippen LogP contribution in [0.3, 0.4) is 0 Å². The Balaban J connectivity index is -0.000000000833. The normalized spacial score (nSPS) is 1.00. The molecule has 6 heavy (non-hydrogen) atoms. The summed E-state index contributed by atoms with van der Waals surface area (Å²) >= 11 is 0. The molecule has 0 aromatic rings. The van der Waals surface area contributed by atoms with E-state index in [2.05, 4.69) is 6.92 Å². The predicted molar refractivity (Wildman–Crippen MR) is 11.0 cm³/mol. The van der Waals surface area contributed by atoms with Crippen LogP contribution in [-0.2, 0) is 0 Å². The van der Waals surface area contributed by atoms with Crippen LogP contribution in [0.5, 0.6) is 0 Å². The van der Waals surface area contributed by atoms with Crippen LogP contribution in [-0.4, -0.2) is 0 Å². The molecule has 0 nitrogen and oxygen atoms in total. The van der Waals surface area contributed by atoms with Crippen LogP contribution in [0.2, 0.25) is 0 Å². The number of hydrogen-bond acceptors (Lipinski definition) is 0. The summed E-state index contributed by atoms with van der Waals surface area (Å²) in [6.45, 7) is 5.00. The molecule has 0 aliphatic heterocycles. The topological polar surface area (TPSA) is 0 Å². The minimum Gasteiger partial charge on any atom is -0.346 e. The molecule has 30 valence electrons. The van der Waals surface area contributed by atoms with E-state index in [1.165, 1.54) is 0 Å². The van der Waals surface area contributed by atoms with Crippen molar-refractivity contribution in [3.63, 3.8) is 0 Å². The molecule has 0 atom stereocenters. The second-order valence-electron chi connectivity index (χ2n) is 0. The van der Waals surface area contributed by atoms with Gasteiger partial charge in [-0.25, -0.2) is 0 Å². The van der Waals surface area contributed by atoms with E-state index in [0.717, 1.165) is 0 Å². The third-order valence-electron chi connectivity index (χ3n) is 0. The van der Waals surface area contributed by atoms with Crippen molar-refractivity contribution in [1.29, 1.82) is 0 Å². The molecule has 0 aliphatic rings. The Morgan fingerprint density at radius 1 is 0.667 bits per heavy atom. The van der Waals surface area contributed by atoms with E-state index in [4.69, 9.17) is 0 Å². The van der Waals surface area contributed by atoms with Gasteiger partial charge in [0.25, 0.3) is 0 Å². The molecule has 0 saturated carbocycles. The summed E-state index contributed by atoms with van der Waals surface area (Å²) in [4.78, 5) is 0. The van der Waals surface area contributed by atoms with Gasteiger partial charge in [-0.3, -0.25) is 0 Å². The van der Waals surface area contributed by atoms with Crippen LogP contribution in [0.25, 0.3) is 0 Å². The summed E-state index contributed by atoms with van der Waals surface area (Å²) in [5.74, 6) is 0. The Morgan fingerprint density at radius 2 is 0.667 bits per heavy atom. The Hall–Kier alpha value is 4.21. The molecule has 0 N–H and O–H groups in total. The first-order valence-corrected chi connectivity index (χ1v) is 0.707. The van der Waals surface area contributed by atoms with Crippen LogP contribution in [0.1, 0.15) is 6.92 Å². The molecule has 0 amide bonds. The Morgan fingerprint density at radius 3 is 0.667 bits per heavy atom. The molecule has 0 saturated heterocycles. The van der Waals surface area contributed by atoms with Crippen molar-refractivity contribution >= 4 is 0 Å². The van der Waals surface area contributed by atoms with Gasteiger partial charge in [-0.1, -0.05) is 0 Å². The molecule has 0 fully saturated rings. The Kier molecular flexibility index (Phi) is 186. The van der Waals surface area contributed by atoms with E-state index in [1.54, 1.807) is 6.92 Å². The average molecular weight is 981 g/mol. The monoisotopic (exact) mass is 981 g/mol. The summed E-state index contributed by atoms with van der Waals surface area (Å²) in [5, 5.41) is 0. The summed E-state index contributed by atoms with van der Waals surface area (Å²) in [7, 11) is 0. The molecule has 0 heterocycles. The van der Waals surface area contributed by atoms with Gasteiger partial charge >= 0.3 is 0 Å². The van der Waals surface area contributed by atoms with Gasteiger partial charge in [-0.05, 0) is 0 Å². The van der Waals surface area contributed by atoms with E-state index in [9.17, 15) is 0 Å². The largest absolute Gasteiger partial charge is 0.346 e. The third-order valence-corrected chi connectivity index (χ3v) is 0. The van der Waals surface area contributed by atoms with Gasteiger partial charge in [0.15, 0.2) is 0 Å². The second-order valence-corrected chi connectivity index (χ2v) is 0. The molecule has 0 radical (unpaired) electrons.